The lowest BCUT2D eigenvalue weighted by molar-refractivity contribution is -0.0328. The van der Waals surface area contributed by atoms with E-state index in [0.717, 1.165) is 6.04 Å². The van der Waals surface area contributed by atoms with Crippen LogP contribution >= 0.6 is 0 Å². The van der Waals surface area contributed by atoms with Crippen LogP contribution in [-0.2, 0) is 0 Å². The summed E-state index contributed by atoms with van der Waals surface area (Å²) in [6, 6.07) is 0.777. The van der Waals surface area contributed by atoms with Crippen molar-refractivity contribution in [1.29, 1.82) is 0 Å². The van der Waals surface area contributed by atoms with Crippen LogP contribution in [0.25, 0.3) is 0 Å². The van der Waals surface area contributed by atoms with E-state index in [4.69, 9.17) is 0 Å². The predicted molar refractivity (Wildman–Crippen MR) is 86.1 cm³/mol. The van der Waals surface area contributed by atoms with Crippen molar-refractivity contribution < 1.29 is 0 Å². The highest BCUT2D eigenvalue weighted by Crippen LogP contribution is 2.43. The van der Waals surface area contributed by atoms with Gasteiger partial charge in [0.1, 0.15) is 0 Å². The fourth-order valence-electron chi connectivity index (χ4n) is 5.26. The second-order valence-corrected chi connectivity index (χ2v) is 7.89. The lowest BCUT2D eigenvalue weighted by Crippen LogP contribution is -2.71. The van der Waals surface area contributed by atoms with Crippen LogP contribution in [0.3, 0.4) is 0 Å². The molecule has 0 bridgehead atoms. The number of hydrogen-bond acceptors (Lipinski definition) is 2. The Morgan fingerprint density at radius 3 is 2.30 bits per heavy atom. The van der Waals surface area contributed by atoms with Crippen molar-refractivity contribution >= 4 is 0 Å². The van der Waals surface area contributed by atoms with E-state index in [1.807, 2.05) is 0 Å². The molecule has 2 nitrogen and oxygen atoms in total. The Balaban J connectivity index is 1.78. The van der Waals surface area contributed by atoms with E-state index in [1.54, 1.807) is 0 Å². The molecule has 0 amide bonds. The standard InChI is InChI=1S/C18H34N2/c1-3-9-16(2)20-15-17(10-5-4-6-11-17)19-14-18(20)12-7-8-13-18/h16,19H,3-15H2,1-2H3. The summed E-state index contributed by atoms with van der Waals surface area (Å²) in [5.74, 6) is 0. The molecule has 3 fully saturated rings. The summed E-state index contributed by atoms with van der Waals surface area (Å²) in [6.07, 6.45) is 15.6. The molecule has 3 aliphatic rings. The lowest BCUT2D eigenvalue weighted by atomic mass is 9.76. The maximum atomic E-state index is 4.05. The number of hydrogen-bond donors (Lipinski definition) is 1. The molecule has 1 N–H and O–H groups in total. The fourth-order valence-corrected chi connectivity index (χ4v) is 5.26. The van der Waals surface area contributed by atoms with Crippen molar-refractivity contribution in [2.24, 2.45) is 0 Å². The van der Waals surface area contributed by atoms with Gasteiger partial charge in [-0.25, -0.2) is 0 Å². The minimum Gasteiger partial charge on any atom is -0.308 e. The molecule has 1 unspecified atom stereocenters. The molecule has 116 valence electrons. The molecule has 0 radical (unpaired) electrons. The number of rotatable bonds is 3. The van der Waals surface area contributed by atoms with Crippen molar-refractivity contribution in [3.63, 3.8) is 0 Å². The molecule has 0 aromatic carbocycles. The smallest absolute Gasteiger partial charge is 0.0337 e. The van der Waals surface area contributed by atoms with E-state index >= 15 is 0 Å². The van der Waals surface area contributed by atoms with Crippen molar-refractivity contribution in [3.05, 3.63) is 0 Å². The zero-order valence-electron chi connectivity index (χ0n) is 13.7. The second-order valence-electron chi connectivity index (χ2n) is 7.89. The van der Waals surface area contributed by atoms with Gasteiger partial charge in [0.15, 0.2) is 0 Å². The van der Waals surface area contributed by atoms with Gasteiger partial charge in [-0.2, -0.15) is 0 Å². The van der Waals surface area contributed by atoms with E-state index in [0.29, 0.717) is 11.1 Å². The highest BCUT2D eigenvalue weighted by Gasteiger charge is 2.49. The minimum atomic E-state index is 0.466. The summed E-state index contributed by atoms with van der Waals surface area (Å²) in [7, 11) is 0. The molecule has 2 heteroatoms. The van der Waals surface area contributed by atoms with Crippen LogP contribution in [-0.4, -0.2) is 35.1 Å². The molecule has 3 rings (SSSR count). The van der Waals surface area contributed by atoms with E-state index < -0.39 is 0 Å². The molecule has 1 saturated heterocycles. The van der Waals surface area contributed by atoms with Crippen LogP contribution in [0.4, 0.5) is 0 Å². The summed E-state index contributed by atoms with van der Waals surface area (Å²) in [4.78, 5) is 2.96. The van der Waals surface area contributed by atoms with Crippen LogP contribution in [0.5, 0.6) is 0 Å². The zero-order chi connectivity index (χ0) is 14.1. The average molecular weight is 278 g/mol. The molecule has 0 aromatic rings. The van der Waals surface area contributed by atoms with Gasteiger partial charge in [0.25, 0.3) is 0 Å². The summed E-state index contributed by atoms with van der Waals surface area (Å²) < 4.78 is 0. The van der Waals surface area contributed by atoms with Crippen LogP contribution < -0.4 is 5.32 Å². The number of nitrogens with one attached hydrogen (secondary N) is 1. The number of piperazine rings is 1. The largest absolute Gasteiger partial charge is 0.308 e. The third-order valence-electron chi connectivity index (χ3n) is 6.46. The third-order valence-corrected chi connectivity index (χ3v) is 6.46. The molecule has 0 aromatic heterocycles. The van der Waals surface area contributed by atoms with E-state index in [9.17, 15) is 0 Å². The van der Waals surface area contributed by atoms with Crippen molar-refractivity contribution in [2.75, 3.05) is 13.1 Å². The topological polar surface area (TPSA) is 15.3 Å². The minimum absolute atomic E-state index is 0.466. The van der Waals surface area contributed by atoms with Crippen molar-refractivity contribution in [1.82, 2.24) is 10.2 Å². The molecule has 1 aliphatic heterocycles. The third kappa shape index (κ3) is 2.66. The molecule has 2 spiro atoms. The Morgan fingerprint density at radius 1 is 1.00 bits per heavy atom. The summed E-state index contributed by atoms with van der Waals surface area (Å²) >= 11 is 0. The highest BCUT2D eigenvalue weighted by atomic mass is 15.3. The molecular formula is C18H34N2. The first-order chi connectivity index (χ1) is 9.70. The predicted octanol–water partition coefficient (Wildman–Crippen LogP) is 4.10. The Kier molecular flexibility index (Phi) is 4.42. The van der Waals surface area contributed by atoms with Gasteiger partial charge in [0, 0.05) is 30.2 Å². The van der Waals surface area contributed by atoms with E-state index in [1.165, 1.54) is 83.7 Å². The molecular weight excluding hydrogens is 244 g/mol. The second kappa shape index (κ2) is 5.96. The average Bonchev–Trinajstić information content (AvgIpc) is 2.93. The Bertz CT molecular complexity index is 313. The zero-order valence-corrected chi connectivity index (χ0v) is 13.7. The van der Waals surface area contributed by atoms with Gasteiger partial charge >= 0.3 is 0 Å². The summed E-state index contributed by atoms with van der Waals surface area (Å²) in [6.45, 7) is 7.43. The quantitative estimate of drug-likeness (QED) is 0.836. The van der Waals surface area contributed by atoms with Gasteiger partial charge in [-0.15, -0.1) is 0 Å². The maximum absolute atomic E-state index is 4.05. The normalized spacial score (nSPS) is 30.9. The molecule has 1 atom stereocenters. The molecule has 20 heavy (non-hydrogen) atoms. The van der Waals surface area contributed by atoms with Gasteiger partial charge in [0.2, 0.25) is 0 Å². The fraction of sp³-hybridized carbons (Fsp3) is 1.00. The van der Waals surface area contributed by atoms with Crippen molar-refractivity contribution in [3.8, 4) is 0 Å². The van der Waals surface area contributed by atoms with Crippen molar-refractivity contribution in [2.45, 2.75) is 102 Å². The molecule has 2 saturated carbocycles. The van der Waals surface area contributed by atoms with Crippen LogP contribution in [0, 0.1) is 0 Å². The van der Waals surface area contributed by atoms with E-state index in [2.05, 4.69) is 24.1 Å². The lowest BCUT2D eigenvalue weighted by Gasteiger charge is -2.57. The first-order valence-electron chi connectivity index (χ1n) is 9.22. The summed E-state index contributed by atoms with van der Waals surface area (Å²) in [5.41, 5.74) is 0.978. The Morgan fingerprint density at radius 2 is 1.65 bits per heavy atom. The van der Waals surface area contributed by atoms with Gasteiger partial charge in [-0.3, -0.25) is 4.90 Å². The monoisotopic (exact) mass is 278 g/mol. The van der Waals surface area contributed by atoms with Crippen LogP contribution in [0.15, 0.2) is 0 Å². The van der Waals surface area contributed by atoms with Crippen LogP contribution in [0.1, 0.15) is 84.5 Å². The van der Waals surface area contributed by atoms with Gasteiger partial charge in [-0.1, -0.05) is 45.4 Å². The SMILES string of the molecule is CCCC(C)N1CC2(CCCCC2)NCC12CCCC2. The Hall–Kier alpha value is -0.0800. The highest BCUT2D eigenvalue weighted by molar-refractivity contribution is 5.09. The van der Waals surface area contributed by atoms with E-state index in [-0.39, 0.29) is 0 Å². The first kappa shape index (κ1) is 14.8. The van der Waals surface area contributed by atoms with Gasteiger partial charge in [-0.05, 0) is 39.0 Å². The Labute approximate surface area is 125 Å². The molecule has 2 aliphatic carbocycles. The number of nitrogens with zero attached hydrogens (tertiary/aromatic N) is 1. The van der Waals surface area contributed by atoms with Gasteiger partial charge < -0.3 is 5.32 Å². The van der Waals surface area contributed by atoms with Crippen LogP contribution in [0.2, 0.25) is 0 Å². The molecule has 1 heterocycles. The maximum Gasteiger partial charge on any atom is 0.0337 e. The van der Waals surface area contributed by atoms with Gasteiger partial charge in [0.05, 0.1) is 0 Å². The summed E-state index contributed by atoms with van der Waals surface area (Å²) in [5, 5.41) is 4.05. The first-order valence-corrected chi connectivity index (χ1v) is 9.22.